The Balaban J connectivity index is 1.83. The average molecular weight is 311 g/mol. The Kier molecular flexibility index (Phi) is 4.09. The van der Waals surface area contributed by atoms with Gasteiger partial charge >= 0.3 is 0 Å². The summed E-state index contributed by atoms with van der Waals surface area (Å²) in [6.45, 7) is 1.77. The van der Waals surface area contributed by atoms with Crippen LogP contribution in [0.4, 0.5) is 11.6 Å². The number of hydrogen-bond donors (Lipinski definition) is 2. The molecule has 3 aromatic rings. The van der Waals surface area contributed by atoms with Gasteiger partial charge in [0, 0.05) is 25.4 Å². The van der Waals surface area contributed by atoms with Crippen molar-refractivity contribution in [2.24, 2.45) is 7.05 Å². The van der Waals surface area contributed by atoms with Crippen molar-refractivity contribution in [2.75, 3.05) is 10.6 Å². The lowest BCUT2D eigenvalue weighted by atomic mass is 10.1. The van der Waals surface area contributed by atoms with Crippen LogP contribution in [0, 0.1) is 6.92 Å². The fourth-order valence-corrected chi connectivity index (χ4v) is 2.21. The van der Waals surface area contributed by atoms with E-state index < -0.39 is 6.04 Å². The Morgan fingerprint density at radius 2 is 2.00 bits per heavy atom. The Hall–Kier alpha value is -3.09. The molecular weight excluding hydrogens is 294 g/mol. The summed E-state index contributed by atoms with van der Waals surface area (Å²) in [5.74, 6) is 1.40. The van der Waals surface area contributed by atoms with Crippen LogP contribution in [0.15, 0.2) is 53.2 Å². The molecule has 0 aliphatic rings. The molecular formula is C16H17N5O2. The van der Waals surface area contributed by atoms with Gasteiger partial charge in [0.2, 0.25) is 0 Å². The van der Waals surface area contributed by atoms with Gasteiger partial charge in [0.05, 0.1) is 0 Å². The second-order valence-electron chi connectivity index (χ2n) is 5.17. The highest BCUT2D eigenvalue weighted by atomic mass is 16.5. The molecule has 118 valence electrons. The first-order valence-corrected chi connectivity index (χ1v) is 7.17. The summed E-state index contributed by atoms with van der Waals surface area (Å²) in [5.41, 5.74) is 0.830. The number of hydrogen-bond acceptors (Lipinski definition) is 5. The van der Waals surface area contributed by atoms with Crippen molar-refractivity contribution in [1.82, 2.24) is 14.9 Å². The molecule has 0 bridgehead atoms. The number of anilines is 2. The molecule has 0 aliphatic heterocycles. The van der Waals surface area contributed by atoms with Gasteiger partial charge in [0.1, 0.15) is 17.6 Å². The molecule has 3 rings (SSSR count). The van der Waals surface area contributed by atoms with Crippen LogP contribution >= 0.6 is 0 Å². The van der Waals surface area contributed by atoms with Crippen LogP contribution in [-0.2, 0) is 11.8 Å². The number of carbonyl (C=O) groups is 1. The van der Waals surface area contributed by atoms with Crippen LogP contribution in [0.2, 0.25) is 0 Å². The van der Waals surface area contributed by atoms with E-state index in [1.807, 2.05) is 49.6 Å². The second-order valence-corrected chi connectivity index (χ2v) is 5.17. The molecule has 0 aliphatic carbocycles. The third kappa shape index (κ3) is 3.57. The molecule has 0 saturated heterocycles. The Bertz CT molecular complexity index is 794. The summed E-state index contributed by atoms with van der Waals surface area (Å²) in [6.07, 6.45) is 1.81. The standard InChI is InChI=1S/C16H17N5O2/c1-11-10-14(20-23-11)18-16(22)15(12-6-4-3-5-7-12)17-13-8-9-21(2)19-13/h3-10,15H,1-2H3,(H,17,19)(H,18,20,22). The number of carbonyl (C=O) groups excluding carboxylic acids is 1. The first-order valence-electron chi connectivity index (χ1n) is 7.17. The monoisotopic (exact) mass is 311 g/mol. The van der Waals surface area contributed by atoms with Gasteiger partial charge in [-0.2, -0.15) is 5.10 Å². The van der Waals surface area contributed by atoms with Crippen LogP contribution in [0.5, 0.6) is 0 Å². The zero-order chi connectivity index (χ0) is 16.2. The third-order valence-electron chi connectivity index (χ3n) is 3.28. The van der Waals surface area contributed by atoms with Crippen molar-refractivity contribution in [1.29, 1.82) is 0 Å². The van der Waals surface area contributed by atoms with E-state index in [0.29, 0.717) is 17.4 Å². The minimum Gasteiger partial charge on any atom is -0.360 e. The molecule has 23 heavy (non-hydrogen) atoms. The topological polar surface area (TPSA) is 85.0 Å². The van der Waals surface area contributed by atoms with Crippen molar-refractivity contribution in [2.45, 2.75) is 13.0 Å². The predicted molar refractivity (Wildman–Crippen MR) is 85.9 cm³/mol. The van der Waals surface area contributed by atoms with Crippen molar-refractivity contribution < 1.29 is 9.32 Å². The molecule has 1 aromatic carbocycles. The number of nitrogens with one attached hydrogen (secondary N) is 2. The molecule has 1 amide bonds. The number of amides is 1. The van der Waals surface area contributed by atoms with Gasteiger partial charge in [-0.25, -0.2) is 0 Å². The Morgan fingerprint density at radius 1 is 1.22 bits per heavy atom. The summed E-state index contributed by atoms with van der Waals surface area (Å²) in [5, 5.41) is 13.9. The van der Waals surface area contributed by atoms with E-state index in [1.54, 1.807) is 17.7 Å². The molecule has 1 atom stereocenters. The fraction of sp³-hybridized carbons (Fsp3) is 0.188. The third-order valence-corrected chi connectivity index (χ3v) is 3.28. The number of aryl methyl sites for hydroxylation is 2. The molecule has 7 heteroatoms. The summed E-state index contributed by atoms with van der Waals surface area (Å²) >= 11 is 0. The molecule has 2 N–H and O–H groups in total. The van der Waals surface area contributed by atoms with Crippen LogP contribution in [0.3, 0.4) is 0 Å². The molecule has 2 heterocycles. The first-order chi connectivity index (χ1) is 11.1. The Labute approximate surface area is 133 Å². The van der Waals surface area contributed by atoms with Crippen molar-refractivity contribution in [3.8, 4) is 0 Å². The number of aromatic nitrogens is 3. The summed E-state index contributed by atoms with van der Waals surface area (Å²) in [4.78, 5) is 12.6. The molecule has 1 unspecified atom stereocenters. The molecule has 0 spiro atoms. The minimum atomic E-state index is -0.594. The van der Waals surface area contributed by atoms with Gasteiger partial charge < -0.3 is 15.2 Å². The predicted octanol–water partition coefficient (Wildman–Crippen LogP) is 2.51. The maximum absolute atomic E-state index is 12.6. The SMILES string of the molecule is Cc1cc(NC(=O)C(Nc2ccn(C)n2)c2ccccc2)no1. The minimum absolute atomic E-state index is 0.241. The van der Waals surface area contributed by atoms with Crippen molar-refractivity contribution in [3.63, 3.8) is 0 Å². The van der Waals surface area contributed by atoms with E-state index in [4.69, 9.17) is 4.52 Å². The van der Waals surface area contributed by atoms with Gasteiger partial charge in [-0.1, -0.05) is 35.5 Å². The van der Waals surface area contributed by atoms with Gasteiger partial charge in [0.15, 0.2) is 5.82 Å². The summed E-state index contributed by atoms with van der Waals surface area (Å²) < 4.78 is 6.64. The number of nitrogens with zero attached hydrogens (tertiary/aromatic N) is 3. The number of rotatable bonds is 5. The lowest BCUT2D eigenvalue weighted by Crippen LogP contribution is -2.27. The van der Waals surface area contributed by atoms with Gasteiger partial charge in [-0.15, -0.1) is 0 Å². The van der Waals surface area contributed by atoms with Crippen LogP contribution in [-0.4, -0.2) is 20.8 Å². The normalized spacial score (nSPS) is 11.9. The zero-order valence-electron chi connectivity index (χ0n) is 12.9. The zero-order valence-corrected chi connectivity index (χ0v) is 12.9. The number of benzene rings is 1. The lowest BCUT2D eigenvalue weighted by Gasteiger charge is -2.17. The highest BCUT2D eigenvalue weighted by Gasteiger charge is 2.22. The smallest absolute Gasteiger partial charge is 0.252 e. The average Bonchev–Trinajstić information content (AvgIpc) is 3.14. The second kappa shape index (κ2) is 6.35. The molecule has 0 saturated carbocycles. The Morgan fingerprint density at radius 3 is 2.61 bits per heavy atom. The van der Waals surface area contributed by atoms with Crippen LogP contribution < -0.4 is 10.6 Å². The highest BCUT2D eigenvalue weighted by molar-refractivity contribution is 5.96. The van der Waals surface area contributed by atoms with E-state index in [0.717, 1.165) is 5.56 Å². The first kappa shape index (κ1) is 14.8. The summed E-state index contributed by atoms with van der Waals surface area (Å²) in [7, 11) is 1.82. The van der Waals surface area contributed by atoms with Crippen molar-refractivity contribution in [3.05, 3.63) is 60.0 Å². The quantitative estimate of drug-likeness (QED) is 0.756. The molecule has 0 fully saturated rings. The molecule has 2 aromatic heterocycles. The summed E-state index contributed by atoms with van der Waals surface area (Å²) in [6, 6.07) is 12.3. The molecule has 7 nitrogen and oxygen atoms in total. The van der Waals surface area contributed by atoms with Crippen molar-refractivity contribution >= 4 is 17.5 Å². The largest absolute Gasteiger partial charge is 0.360 e. The van der Waals surface area contributed by atoms with E-state index in [1.165, 1.54) is 0 Å². The van der Waals surface area contributed by atoms with E-state index in [9.17, 15) is 4.79 Å². The fourth-order valence-electron chi connectivity index (χ4n) is 2.21. The van der Waals surface area contributed by atoms with E-state index in [-0.39, 0.29) is 5.91 Å². The van der Waals surface area contributed by atoms with Crippen LogP contribution in [0.25, 0.3) is 0 Å². The van der Waals surface area contributed by atoms with Gasteiger partial charge in [0.25, 0.3) is 5.91 Å². The van der Waals surface area contributed by atoms with Crippen LogP contribution in [0.1, 0.15) is 17.4 Å². The van der Waals surface area contributed by atoms with E-state index in [2.05, 4.69) is 20.9 Å². The van der Waals surface area contributed by atoms with Gasteiger partial charge in [-0.3, -0.25) is 9.48 Å². The van der Waals surface area contributed by atoms with Gasteiger partial charge in [-0.05, 0) is 12.5 Å². The maximum atomic E-state index is 12.6. The maximum Gasteiger partial charge on any atom is 0.252 e. The lowest BCUT2D eigenvalue weighted by molar-refractivity contribution is -0.117. The molecule has 0 radical (unpaired) electrons. The van der Waals surface area contributed by atoms with E-state index >= 15 is 0 Å². The highest BCUT2D eigenvalue weighted by Crippen LogP contribution is 2.20.